The van der Waals surface area contributed by atoms with Gasteiger partial charge in [-0.2, -0.15) is 0 Å². The standard InChI is InChI=1S/C18H24N2O2S/c1-3-14-6-8-15(9-7-14)18-20-16(12-23-18)11-17(22)19-13(2)5-4-10-21/h6-9,12-13,21H,3-5,10-11H2,1-2H3,(H,19,22). The number of rotatable bonds is 8. The number of carbonyl (C=O) groups is 1. The zero-order chi connectivity index (χ0) is 16.7. The van der Waals surface area contributed by atoms with Gasteiger partial charge in [0.1, 0.15) is 5.01 Å². The molecule has 1 heterocycles. The molecule has 124 valence electrons. The third kappa shape index (κ3) is 5.44. The number of aryl methyl sites for hydroxylation is 1. The molecule has 0 bridgehead atoms. The first-order valence-corrected chi connectivity index (χ1v) is 8.94. The number of amides is 1. The van der Waals surface area contributed by atoms with E-state index in [2.05, 4.69) is 41.5 Å². The molecule has 0 radical (unpaired) electrons. The summed E-state index contributed by atoms with van der Waals surface area (Å²) in [6.07, 6.45) is 2.81. The highest BCUT2D eigenvalue weighted by molar-refractivity contribution is 7.13. The molecule has 0 aliphatic heterocycles. The smallest absolute Gasteiger partial charge is 0.226 e. The zero-order valence-electron chi connectivity index (χ0n) is 13.7. The van der Waals surface area contributed by atoms with Crippen LogP contribution in [0.2, 0.25) is 0 Å². The molecular formula is C18H24N2O2S. The molecule has 1 aromatic carbocycles. The van der Waals surface area contributed by atoms with Crippen molar-refractivity contribution in [3.8, 4) is 10.6 Å². The van der Waals surface area contributed by atoms with Crippen molar-refractivity contribution in [1.29, 1.82) is 0 Å². The van der Waals surface area contributed by atoms with E-state index >= 15 is 0 Å². The van der Waals surface area contributed by atoms with E-state index in [1.165, 1.54) is 5.56 Å². The average molecular weight is 332 g/mol. The summed E-state index contributed by atoms with van der Waals surface area (Å²) in [6, 6.07) is 8.48. The maximum atomic E-state index is 12.0. The zero-order valence-corrected chi connectivity index (χ0v) is 14.5. The molecule has 23 heavy (non-hydrogen) atoms. The van der Waals surface area contributed by atoms with Crippen LogP contribution in [-0.2, 0) is 17.6 Å². The highest BCUT2D eigenvalue weighted by atomic mass is 32.1. The Balaban J connectivity index is 1.92. The van der Waals surface area contributed by atoms with Crippen LogP contribution in [0.25, 0.3) is 10.6 Å². The summed E-state index contributed by atoms with van der Waals surface area (Å²) in [6.45, 7) is 4.25. The molecule has 2 rings (SSSR count). The Morgan fingerprint density at radius 1 is 1.35 bits per heavy atom. The number of aliphatic hydroxyl groups excluding tert-OH is 1. The molecule has 1 atom stereocenters. The Kier molecular flexibility index (Phi) is 6.74. The second kappa shape index (κ2) is 8.79. The number of benzene rings is 1. The van der Waals surface area contributed by atoms with Crippen molar-refractivity contribution in [3.05, 3.63) is 40.9 Å². The number of thiazole rings is 1. The van der Waals surface area contributed by atoms with Gasteiger partial charge in [-0.05, 0) is 31.7 Å². The quantitative estimate of drug-likeness (QED) is 0.780. The number of hydrogen-bond acceptors (Lipinski definition) is 4. The third-order valence-corrected chi connectivity index (χ3v) is 4.65. The number of nitrogens with one attached hydrogen (secondary N) is 1. The SMILES string of the molecule is CCc1ccc(-c2nc(CC(=O)NC(C)CCCO)cs2)cc1. The van der Waals surface area contributed by atoms with Gasteiger partial charge in [0.05, 0.1) is 12.1 Å². The maximum Gasteiger partial charge on any atom is 0.226 e. The molecule has 1 amide bonds. The number of aromatic nitrogens is 1. The Morgan fingerprint density at radius 2 is 2.09 bits per heavy atom. The van der Waals surface area contributed by atoms with Crippen molar-refractivity contribution in [3.63, 3.8) is 0 Å². The summed E-state index contributed by atoms with van der Waals surface area (Å²) < 4.78 is 0. The number of nitrogens with zero attached hydrogens (tertiary/aromatic N) is 1. The Hall–Kier alpha value is -1.72. The first kappa shape index (κ1) is 17.6. The summed E-state index contributed by atoms with van der Waals surface area (Å²) in [5.74, 6) is -0.0198. The minimum absolute atomic E-state index is 0.0198. The molecule has 0 saturated carbocycles. The molecule has 0 fully saturated rings. The Bertz CT molecular complexity index is 622. The molecule has 0 aliphatic rings. The molecule has 0 saturated heterocycles. The van der Waals surface area contributed by atoms with Crippen molar-refractivity contribution in [2.75, 3.05) is 6.61 Å². The first-order valence-electron chi connectivity index (χ1n) is 8.06. The summed E-state index contributed by atoms with van der Waals surface area (Å²) in [5.41, 5.74) is 3.20. The topological polar surface area (TPSA) is 62.2 Å². The fraction of sp³-hybridized carbons (Fsp3) is 0.444. The predicted octanol–water partition coefficient (Wildman–Crippen LogP) is 3.19. The van der Waals surface area contributed by atoms with E-state index < -0.39 is 0 Å². The van der Waals surface area contributed by atoms with Crippen LogP contribution in [-0.4, -0.2) is 28.6 Å². The molecule has 2 N–H and O–H groups in total. The molecule has 0 aliphatic carbocycles. The van der Waals surface area contributed by atoms with E-state index in [1.54, 1.807) is 11.3 Å². The predicted molar refractivity (Wildman–Crippen MR) is 94.6 cm³/mol. The van der Waals surface area contributed by atoms with E-state index in [9.17, 15) is 4.79 Å². The van der Waals surface area contributed by atoms with Crippen LogP contribution in [0.5, 0.6) is 0 Å². The second-order valence-corrected chi connectivity index (χ2v) is 6.56. The van der Waals surface area contributed by atoms with Gasteiger partial charge >= 0.3 is 0 Å². The summed E-state index contributed by atoms with van der Waals surface area (Å²) in [4.78, 5) is 16.6. The van der Waals surface area contributed by atoms with Crippen LogP contribution in [0.3, 0.4) is 0 Å². The maximum absolute atomic E-state index is 12.0. The molecule has 1 aromatic heterocycles. The lowest BCUT2D eigenvalue weighted by Gasteiger charge is -2.12. The third-order valence-electron chi connectivity index (χ3n) is 3.71. The van der Waals surface area contributed by atoms with Gasteiger partial charge < -0.3 is 10.4 Å². The van der Waals surface area contributed by atoms with Crippen LogP contribution >= 0.6 is 11.3 Å². The van der Waals surface area contributed by atoms with E-state index in [1.807, 2.05) is 12.3 Å². The summed E-state index contributed by atoms with van der Waals surface area (Å²) in [5, 5.41) is 14.6. The number of hydrogen-bond donors (Lipinski definition) is 2. The van der Waals surface area contributed by atoms with Crippen molar-refractivity contribution in [2.24, 2.45) is 0 Å². The van der Waals surface area contributed by atoms with E-state index in [0.717, 1.165) is 29.1 Å². The van der Waals surface area contributed by atoms with E-state index in [4.69, 9.17) is 5.11 Å². The Morgan fingerprint density at radius 3 is 2.74 bits per heavy atom. The van der Waals surface area contributed by atoms with Crippen LogP contribution in [0.1, 0.15) is 37.9 Å². The lowest BCUT2D eigenvalue weighted by atomic mass is 10.1. The molecule has 2 aromatic rings. The summed E-state index contributed by atoms with van der Waals surface area (Å²) >= 11 is 1.57. The van der Waals surface area contributed by atoms with Crippen molar-refractivity contribution >= 4 is 17.2 Å². The van der Waals surface area contributed by atoms with Gasteiger partial charge in [0.2, 0.25) is 5.91 Å². The second-order valence-electron chi connectivity index (χ2n) is 5.71. The highest BCUT2D eigenvalue weighted by Crippen LogP contribution is 2.24. The van der Waals surface area contributed by atoms with Gasteiger partial charge in [-0.1, -0.05) is 31.2 Å². The van der Waals surface area contributed by atoms with Gasteiger partial charge in [-0.15, -0.1) is 11.3 Å². The largest absolute Gasteiger partial charge is 0.396 e. The van der Waals surface area contributed by atoms with E-state index in [0.29, 0.717) is 12.8 Å². The normalized spacial score (nSPS) is 12.1. The van der Waals surface area contributed by atoms with Crippen LogP contribution in [0.15, 0.2) is 29.6 Å². The number of carbonyl (C=O) groups excluding carboxylic acids is 1. The van der Waals surface area contributed by atoms with Crippen molar-refractivity contribution in [2.45, 2.75) is 45.6 Å². The molecule has 0 spiro atoms. The fourth-order valence-corrected chi connectivity index (χ4v) is 3.19. The molecule has 1 unspecified atom stereocenters. The minimum atomic E-state index is -0.0198. The Labute approximate surface area is 141 Å². The lowest BCUT2D eigenvalue weighted by molar-refractivity contribution is -0.121. The van der Waals surface area contributed by atoms with Crippen LogP contribution < -0.4 is 5.32 Å². The van der Waals surface area contributed by atoms with Gasteiger partial charge in [-0.25, -0.2) is 4.98 Å². The first-order chi connectivity index (χ1) is 11.1. The molecule has 4 nitrogen and oxygen atoms in total. The minimum Gasteiger partial charge on any atom is -0.396 e. The van der Waals surface area contributed by atoms with Crippen molar-refractivity contribution in [1.82, 2.24) is 10.3 Å². The highest BCUT2D eigenvalue weighted by Gasteiger charge is 2.11. The molecule has 5 heteroatoms. The van der Waals surface area contributed by atoms with Crippen molar-refractivity contribution < 1.29 is 9.90 Å². The average Bonchev–Trinajstić information content (AvgIpc) is 3.01. The van der Waals surface area contributed by atoms with Crippen LogP contribution in [0.4, 0.5) is 0 Å². The van der Waals surface area contributed by atoms with Gasteiger partial charge in [0.25, 0.3) is 0 Å². The lowest BCUT2D eigenvalue weighted by Crippen LogP contribution is -2.33. The van der Waals surface area contributed by atoms with Crippen LogP contribution in [0, 0.1) is 0 Å². The van der Waals surface area contributed by atoms with Gasteiger partial charge in [-0.3, -0.25) is 4.79 Å². The van der Waals surface area contributed by atoms with Gasteiger partial charge in [0, 0.05) is 23.6 Å². The van der Waals surface area contributed by atoms with Gasteiger partial charge in [0.15, 0.2) is 0 Å². The monoisotopic (exact) mass is 332 g/mol. The summed E-state index contributed by atoms with van der Waals surface area (Å²) in [7, 11) is 0. The molecular weight excluding hydrogens is 308 g/mol. The fourth-order valence-electron chi connectivity index (χ4n) is 2.36. The van der Waals surface area contributed by atoms with E-state index in [-0.39, 0.29) is 18.6 Å². The number of aliphatic hydroxyl groups is 1.